The number of nitro groups is 1. The first kappa shape index (κ1) is 18.9. The van der Waals surface area contributed by atoms with Gasteiger partial charge in [-0.2, -0.15) is 0 Å². The summed E-state index contributed by atoms with van der Waals surface area (Å²) in [5.41, 5.74) is 1.06. The number of halogens is 1. The number of hydrogen-bond acceptors (Lipinski definition) is 5. The monoisotopic (exact) mass is 417 g/mol. The molecule has 2 aromatic rings. The molecule has 4 aliphatic rings. The van der Waals surface area contributed by atoms with Crippen LogP contribution in [0.5, 0.6) is 5.75 Å². The molecule has 8 heteroatoms. The molecule has 0 spiro atoms. The SMILES string of the molecule is Cn1c([N+](=O)[O-])cnc1C(O)c1cc(Cl)cc(C2C3CC4CC(C3)CC2C4)c1O. The standard InChI is InChI=1S/C21H24ClN3O4/c1-24-17(25(28)29)9-23-21(24)20(27)16-8-14(22)7-15(19(16)26)18-12-3-10-2-11(5-12)6-13(18)4-10/h7-13,18,20,26-27H,2-6H2,1H3. The number of aliphatic hydroxyl groups excluding tert-OH is 1. The summed E-state index contributed by atoms with van der Waals surface area (Å²) < 4.78 is 1.23. The summed E-state index contributed by atoms with van der Waals surface area (Å²) in [6, 6.07) is 3.36. The zero-order valence-electron chi connectivity index (χ0n) is 16.2. The number of benzene rings is 1. The number of nitrogens with zero attached hydrogens (tertiary/aromatic N) is 3. The zero-order valence-corrected chi connectivity index (χ0v) is 16.9. The molecule has 0 saturated heterocycles. The van der Waals surface area contributed by atoms with Gasteiger partial charge in [0.05, 0.1) is 7.05 Å². The molecule has 7 nitrogen and oxygen atoms in total. The predicted octanol–water partition coefficient (Wildman–Crippen LogP) is 4.31. The van der Waals surface area contributed by atoms with Crippen molar-refractivity contribution < 1.29 is 15.1 Å². The van der Waals surface area contributed by atoms with E-state index < -0.39 is 11.0 Å². The molecule has 0 radical (unpaired) electrons. The van der Waals surface area contributed by atoms with Gasteiger partial charge in [0.15, 0.2) is 6.10 Å². The van der Waals surface area contributed by atoms with Gasteiger partial charge in [-0.05, 0) is 84.3 Å². The van der Waals surface area contributed by atoms with Gasteiger partial charge in [-0.25, -0.2) is 9.55 Å². The Bertz CT molecular complexity index is 961. The van der Waals surface area contributed by atoms with Crippen LogP contribution in [-0.2, 0) is 7.05 Å². The summed E-state index contributed by atoms with van der Waals surface area (Å²) in [5.74, 6) is 2.91. The summed E-state index contributed by atoms with van der Waals surface area (Å²) in [6.45, 7) is 0. The molecule has 6 rings (SSSR count). The van der Waals surface area contributed by atoms with E-state index in [0.717, 1.165) is 23.6 Å². The summed E-state index contributed by atoms with van der Waals surface area (Å²) in [6.07, 6.45) is 5.96. The number of imidazole rings is 1. The minimum absolute atomic E-state index is 0.0463. The largest absolute Gasteiger partial charge is 0.507 e. The summed E-state index contributed by atoms with van der Waals surface area (Å²) in [5, 5.41) is 33.6. The van der Waals surface area contributed by atoms with E-state index in [4.69, 9.17) is 11.6 Å². The van der Waals surface area contributed by atoms with Crippen LogP contribution in [0.2, 0.25) is 5.02 Å². The molecule has 2 N–H and O–H groups in total. The Balaban J connectivity index is 1.54. The van der Waals surface area contributed by atoms with Gasteiger partial charge >= 0.3 is 5.82 Å². The molecular formula is C21H24ClN3O4. The van der Waals surface area contributed by atoms with Gasteiger partial charge in [0.2, 0.25) is 5.82 Å². The highest BCUT2D eigenvalue weighted by atomic mass is 35.5. The van der Waals surface area contributed by atoms with Crippen molar-refractivity contribution in [1.82, 2.24) is 9.55 Å². The van der Waals surface area contributed by atoms with Crippen LogP contribution in [0, 0.1) is 33.8 Å². The quantitative estimate of drug-likeness (QED) is 0.570. The fourth-order valence-corrected chi connectivity index (χ4v) is 6.75. The number of aromatic nitrogens is 2. The van der Waals surface area contributed by atoms with E-state index in [-0.39, 0.29) is 28.9 Å². The second kappa shape index (κ2) is 6.71. The van der Waals surface area contributed by atoms with E-state index in [1.807, 2.05) is 6.07 Å². The molecule has 29 heavy (non-hydrogen) atoms. The van der Waals surface area contributed by atoms with Crippen LogP contribution in [0.4, 0.5) is 5.82 Å². The molecule has 1 atom stereocenters. The molecule has 1 aromatic carbocycles. The normalized spacial score (nSPS) is 31.2. The van der Waals surface area contributed by atoms with E-state index >= 15 is 0 Å². The maximum Gasteiger partial charge on any atom is 0.342 e. The Labute approximate surface area is 173 Å². The Kier molecular flexibility index (Phi) is 4.37. The molecule has 4 bridgehead atoms. The number of aromatic hydroxyl groups is 1. The first-order chi connectivity index (χ1) is 13.8. The fraction of sp³-hybridized carbons (Fsp3) is 0.571. The Morgan fingerprint density at radius 2 is 1.83 bits per heavy atom. The molecule has 0 aliphatic heterocycles. The van der Waals surface area contributed by atoms with E-state index in [2.05, 4.69) is 4.98 Å². The third-order valence-electron chi connectivity index (χ3n) is 7.45. The van der Waals surface area contributed by atoms with E-state index in [9.17, 15) is 20.3 Å². The van der Waals surface area contributed by atoms with Crippen molar-refractivity contribution in [2.75, 3.05) is 0 Å². The number of phenolic OH excluding ortho intramolecular Hbond substituents is 1. The van der Waals surface area contributed by atoms with E-state index in [0.29, 0.717) is 16.9 Å². The van der Waals surface area contributed by atoms with Gasteiger partial charge in [0.25, 0.3) is 0 Å². The van der Waals surface area contributed by atoms with Crippen LogP contribution in [0.1, 0.15) is 61.1 Å². The van der Waals surface area contributed by atoms with Gasteiger partial charge in [0, 0.05) is 10.6 Å². The molecule has 1 unspecified atom stereocenters. The third kappa shape index (κ3) is 2.94. The van der Waals surface area contributed by atoms with Gasteiger partial charge in [-0.3, -0.25) is 0 Å². The molecule has 4 saturated carbocycles. The van der Waals surface area contributed by atoms with Crippen LogP contribution in [-0.4, -0.2) is 24.7 Å². The lowest BCUT2D eigenvalue weighted by molar-refractivity contribution is -0.391. The predicted molar refractivity (Wildman–Crippen MR) is 107 cm³/mol. The second-order valence-corrected chi connectivity index (χ2v) is 9.52. The molecular weight excluding hydrogens is 394 g/mol. The van der Waals surface area contributed by atoms with Crippen molar-refractivity contribution >= 4 is 17.4 Å². The maximum atomic E-state index is 11.1. The first-order valence-electron chi connectivity index (χ1n) is 10.2. The van der Waals surface area contributed by atoms with E-state index in [1.54, 1.807) is 0 Å². The molecule has 154 valence electrons. The molecule has 0 amide bonds. The highest BCUT2D eigenvalue weighted by molar-refractivity contribution is 6.30. The highest BCUT2D eigenvalue weighted by Crippen LogP contribution is 2.61. The van der Waals surface area contributed by atoms with Gasteiger partial charge in [-0.1, -0.05) is 11.6 Å². The minimum atomic E-state index is -1.30. The van der Waals surface area contributed by atoms with Crippen molar-refractivity contribution in [2.45, 2.75) is 44.1 Å². The van der Waals surface area contributed by atoms with Crippen LogP contribution in [0.15, 0.2) is 18.3 Å². The van der Waals surface area contributed by atoms with Crippen LogP contribution < -0.4 is 0 Å². The van der Waals surface area contributed by atoms with Crippen LogP contribution in [0.25, 0.3) is 0 Å². The van der Waals surface area contributed by atoms with Crippen molar-refractivity contribution in [3.63, 3.8) is 0 Å². The Morgan fingerprint density at radius 1 is 1.21 bits per heavy atom. The lowest BCUT2D eigenvalue weighted by Crippen LogP contribution is -2.43. The van der Waals surface area contributed by atoms with Crippen LogP contribution in [0.3, 0.4) is 0 Å². The molecule has 1 aromatic heterocycles. The fourth-order valence-electron chi connectivity index (χ4n) is 6.51. The minimum Gasteiger partial charge on any atom is -0.507 e. The first-order valence-corrected chi connectivity index (χ1v) is 10.6. The number of rotatable bonds is 4. The number of aliphatic hydroxyl groups is 1. The van der Waals surface area contributed by atoms with Gasteiger partial charge in [-0.15, -0.1) is 0 Å². The summed E-state index contributed by atoms with van der Waals surface area (Å²) >= 11 is 6.40. The van der Waals surface area contributed by atoms with E-state index in [1.165, 1.54) is 49.8 Å². The summed E-state index contributed by atoms with van der Waals surface area (Å²) in [4.78, 5) is 14.6. The molecule has 4 fully saturated rings. The van der Waals surface area contributed by atoms with Gasteiger partial charge in [0.1, 0.15) is 11.9 Å². The zero-order chi connectivity index (χ0) is 20.4. The Hall–Kier alpha value is -2.12. The van der Waals surface area contributed by atoms with Crippen molar-refractivity contribution in [1.29, 1.82) is 0 Å². The number of phenols is 1. The smallest absolute Gasteiger partial charge is 0.342 e. The summed E-state index contributed by atoms with van der Waals surface area (Å²) in [7, 11) is 1.48. The molecule has 1 heterocycles. The van der Waals surface area contributed by atoms with Crippen molar-refractivity contribution in [3.8, 4) is 5.75 Å². The highest BCUT2D eigenvalue weighted by Gasteiger charge is 2.49. The maximum absolute atomic E-state index is 11.1. The lowest BCUT2D eigenvalue weighted by atomic mass is 9.50. The topological polar surface area (TPSA) is 101 Å². The Morgan fingerprint density at radius 3 is 2.38 bits per heavy atom. The molecule has 4 aliphatic carbocycles. The van der Waals surface area contributed by atoms with Crippen molar-refractivity contribution in [2.24, 2.45) is 30.7 Å². The average Bonchev–Trinajstić information content (AvgIpc) is 3.04. The second-order valence-electron chi connectivity index (χ2n) is 9.08. The third-order valence-corrected chi connectivity index (χ3v) is 7.66. The average molecular weight is 418 g/mol. The lowest BCUT2D eigenvalue weighted by Gasteiger charge is -2.54. The van der Waals surface area contributed by atoms with Crippen molar-refractivity contribution in [3.05, 3.63) is 50.4 Å². The van der Waals surface area contributed by atoms with Gasteiger partial charge < -0.3 is 20.3 Å². The van der Waals surface area contributed by atoms with Crippen LogP contribution >= 0.6 is 11.6 Å². The number of hydrogen-bond donors (Lipinski definition) is 2.